The van der Waals surface area contributed by atoms with E-state index in [4.69, 9.17) is 0 Å². The van der Waals surface area contributed by atoms with Crippen LogP contribution >= 0.6 is 11.3 Å². The molecule has 0 spiro atoms. The molecule has 1 aliphatic heterocycles. The van der Waals surface area contributed by atoms with Crippen molar-refractivity contribution in [1.29, 1.82) is 0 Å². The normalized spacial score (nSPS) is 15.8. The van der Waals surface area contributed by atoms with Crippen molar-refractivity contribution in [3.8, 4) is 0 Å². The Kier molecular flexibility index (Phi) is 5.45. The van der Waals surface area contributed by atoms with Gasteiger partial charge < -0.3 is 9.80 Å². The van der Waals surface area contributed by atoms with E-state index in [2.05, 4.69) is 9.97 Å². The summed E-state index contributed by atoms with van der Waals surface area (Å²) in [4.78, 5) is 24.4. The Morgan fingerprint density at radius 3 is 2.65 bits per heavy atom. The third kappa shape index (κ3) is 4.51. The summed E-state index contributed by atoms with van der Waals surface area (Å²) in [5.74, 6) is 0.528. The Balaban J connectivity index is 1.60. The lowest BCUT2D eigenvalue weighted by Gasteiger charge is -2.23. The minimum absolute atomic E-state index is 0.0255. The number of amides is 1. The van der Waals surface area contributed by atoms with E-state index in [-0.39, 0.29) is 12.3 Å². The van der Waals surface area contributed by atoms with Crippen LogP contribution in [0.3, 0.4) is 0 Å². The number of carbonyl (C=O) groups excluding carboxylic acids is 1. The number of alkyl halides is 3. The molecule has 0 aliphatic carbocycles. The van der Waals surface area contributed by atoms with E-state index in [1.54, 1.807) is 4.90 Å². The van der Waals surface area contributed by atoms with Gasteiger partial charge in [-0.25, -0.2) is 9.97 Å². The number of hydrogen-bond donors (Lipinski definition) is 0. The van der Waals surface area contributed by atoms with Gasteiger partial charge in [-0.05, 0) is 25.5 Å². The summed E-state index contributed by atoms with van der Waals surface area (Å²) in [6.07, 6.45) is -2.51. The Hall–Kier alpha value is -2.16. The van der Waals surface area contributed by atoms with Crippen LogP contribution in [0.25, 0.3) is 0 Å². The fourth-order valence-corrected chi connectivity index (χ4v) is 3.51. The van der Waals surface area contributed by atoms with Crippen molar-refractivity contribution in [2.24, 2.45) is 0 Å². The molecule has 9 heteroatoms. The first-order valence-electron chi connectivity index (χ1n) is 8.30. The second-order valence-electron chi connectivity index (χ2n) is 6.16. The van der Waals surface area contributed by atoms with Crippen molar-refractivity contribution in [2.75, 3.05) is 31.1 Å². The van der Waals surface area contributed by atoms with E-state index in [1.165, 1.54) is 17.4 Å². The summed E-state index contributed by atoms with van der Waals surface area (Å²) in [5.41, 5.74) is 0.0226. The van der Waals surface area contributed by atoms with Gasteiger partial charge >= 0.3 is 6.18 Å². The number of hydrogen-bond acceptors (Lipinski definition) is 5. The molecule has 0 bridgehead atoms. The minimum Gasteiger partial charge on any atom is -0.355 e. The molecule has 1 amide bonds. The van der Waals surface area contributed by atoms with E-state index in [0.29, 0.717) is 32.0 Å². The second kappa shape index (κ2) is 7.61. The number of thiazole rings is 1. The Labute approximate surface area is 153 Å². The molecular weight excluding hydrogens is 365 g/mol. The molecule has 2 aromatic heterocycles. The largest absolute Gasteiger partial charge is 0.417 e. The number of carbonyl (C=O) groups is 1. The van der Waals surface area contributed by atoms with Crippen molar-refractivity contribution in [1.82, 2.24) is 14.9 Å². The zero-order valence-corrected chi connectivity index (χ0v) is 15.1. The van der Waals surface area contributed by atoms with Gasteiger partial charge in [-0.3, -0.25) is 4.79 Å². The summed E-state index contributed by atoms with van der Waals surface area (Å²) < 4.78 is 37.9. The first-order chi connectivity index (χ1) is 12.3. The molecule has 1 saturated heterocycles. The molecule has 26 heavy (non-hydrogen) atoms. The summed E-state index contributed by atoms with van der Waals surface area (Å²) in [6.45, 7) is 4.24. The van der Waals surface area contributed by atoms with Crippen LogP contribution in [0, 0.1) is 6.92 Å². The number of pyridine rings is 1. The third-order valence-electron chi connectivity index (χ3n) is 4.25. The van der Waals surface area contributed by atoms with Crippen LogP contribution in [0.2, 0.25) is 0 Å². The molecule has 0 atom stereocenters. The van der Waals surface area contributed by atoms with Gasteiger partial charge in [-0.15, -0.1) is 11.3 Å². The van der Waals surface area contributed by atoms with Crippen LogP contribution in [-0.2, 0) is 17.4 Å². The smallest absolute Gasteiger partial charge is 0.355 e. The molecule has 0 saturated carbocycles. The van der Waals surface area contributed by atoms with Crippen LogP contribution in [0.1, 0.15) is 22.7 Å². The molecule has 5 nitrogen and oxygen atoms in total. The quantitative estimate of drug-likeness (QED) is 0.816. The number of rotatable bonds is 3. The van der Waals surface area contributed by atoms with Crippen molar-refractivity contribution in [2.45, 2.75) is 25.9 Å². The molecule has 0 unspecified atom stereocenters. The van der Waals surface area contributed by atoms with Gasteiger partial charge in [0.25, 0.3) is 0 Å². The number of aryl methyl sites for hydroxylation is 1. The van der Waals surface area contributed by atoms with Gasteiger partial charge in [0.1, 0.15) is 5.82 Å². The second-order valence-corrected chi connectivity index (χ2v) is 7.22. The lowest BCUT2D eigenvalue weighted by molar-refractivity contribution is -0.137. The average Bonchev–Trinajstić information content (AvgIpc) is 2.85. The highest BCUT2D eigenvalue weighted by atomic mass is 32.1. The molecular formula is C17H19F3N4OS. The van der Waals surface area contributed by atoms with Crippen molar-refractivity contribution in [3.63, 3.8) is 0 Å². The number of aromatic nitrogens is 2. The maximum absolute atomic E-state index is 12.6. The van der Waals surface area contributed by atoms with E-state index >= 15 is 0 Å². The maximum atomic E-state index is 12.6. The van der Waals surface area contributed by atoms with Gasteiger partial charge in [0.05, 0.1) is 22.7 Å². The first-order valence-corrected chi connectivity index (χ1v) is 9.18. The van der Waals surface area contributed by atoms with Crippen LogP contribution < -0.4 is 4.90 Å². The number of halogens is 3. The zero-order valence-electron chi connectivity index (χ0n) is 14.3. The Morgan fingerprint density at radius 1 is 1.23 bits per heavy atom. The van der Waals surface area contributed by atoms with Crippen LogP contribution in [0.4, 0.5) is 19.0 Å². The van der Waals surface area contributed by atoms with E-state index in [1.807, 2.05) is 17.2 Å². The SMILES string of the molecule is Cc1nc(CC(=O)N2CCCN(c3ccc(C(F)(F)F)cn3)CC2)cs1. The molecule has 1 aliphatic rings. The van der Waals surface area contributed by atoms with Crippen molar-refractivity contribution >= 4 is 23.1 Å². The lowest BCUT2D eigenvalue weighted by Crippen LogP contribution is -2.36. The van der Waals surface area contributed by atoms with Crippen LogP contribution in [-0.4, -0.2) is 47.0 Å². The number of anilines is 1. The van der Waals surface area contributed by atoms with Gasteiger partial charge in [0, 0.05) is 37.8 Å². The molecule has 0 aromatic carbocycles. The summed E-state index contributed by atoms with van der Waals surface area (Å²) in [6, 6.07) is 2.43. The summed E-state index contributed by atoms with van der Waals surface area (Å²) in [7, 11) is 0. The Bertz CT molecular complexity index is 760. The highest BCUT2D eigenvalue weighted by Gasteiger charge is 2.31. The number of nitrogens with zero attached hydrogens (tertiary/aromatic N) is 4. The zero-order chi connectivity index (χ0) is 18.7. The highest BCUT2D eigenvalue weighted by Crippen LogP contribution is 2.29. The predicted octanol–water partition coefficient (Wildman–Crippen LogP) is 3.15. The molecule has 0 radical (unpaired) electrons. The Morgan fingerprint density at radius 2 is 2.04 bits per heavy atom. The highest BCUT2D eigenvalue weighted by molar-refractivity contribution is 7.09. The fraction of sp³-hybridized carbons (Fsp3) is 0.471. The van der Waals surface area contributed by atoms with Crippen molar-refractivity contribution in [3.05, 3.63) is 40.0 Å². The standard InChI is InChI=1S/C17H19F3N4OS/c1-12-22-14(11-26-12)9-16(25)24-6-2-5-23(7-8-24)15-4-3-13(10-21-15)17(18,19)20/h3-4,10-11H,2,5-9H2,1H3. The van der Waals surface area contributed by atoms with Gasteiger partial charge in [0.15, 0.2) is 0 Å². The fourth-order valence-electron chi connectivity index (χ4n) is 2.89. The van der Waals surface area contributed by atoms with Gasteiger partial charge in [-0.1, -0.05) is 0 Å². The van der Waals surface area contributed by atoms with Gasteiger partial charge in [-0.2, -0.15) is 13.2 Å². The maximum Gasteiger partial charge on any atom is 0.417 e. The topological polar surface area (TPSA) is 49.3 Å². The van der Waals surface area contributed by atoms with Crippen LogP contribution in [0.15, 0.2) is 23.7 Å². The molecule has 3 rings (SSSR count). The van der Waals surface area contributed by atoms with E-state index in [9.17, 15) is 18.0 Å². The summed E-state index contributed by atoms with van der Waals surface area (Å²) >= 11 is 1.52. The van der Waals surface area contributed by atoms with Gasteiger partial charge in [0.2, 0.25) is 5.91 Å². The molecule has 0 N–H and O–H groups in total. The summed E-state index contributed by atoms with van der Waals surface area (Å²) in [5, 5.41) is 2.83. The molecule has 140 valence electrons. The average molecular weight is 384 g/mol. The monoisotopic (exact) mass is 384 g/mol. The molecule has 1 fully saturated rings. The van der Waals surface area contributed by atoms with E-state index < -0.39 is 11.7 Å². The predicted molar refractivity (Wildman–Crippen MR) is 93.2 cm³/mol. The minimum atomic E-state index is -4.39. The third-order valence-corrected chi connectivity index (χ3v) is 5.07. The van der Waals surface area contributed by atoms with Crippen LogP contribution in [0.5, 0.6) is 0 Å². The lowest BCUT2D eigenvalue weighted by atomic mass is 10.2. The molecule has 3 heterocycles. The first kappa shape index (κ1) is 18.6. The molecule has 2 aromatic rings. The van der Waals surface area contributed by atoms with E-state index in [0.717, 1.165) is 29.4 Å². The van der Waals surface area contributed by atoms with Crippen molar-refractivity contribution < 1.29 is 18.0 Å².